The third-order valence-corrected chi connectivity index (χ3v) is 1.49. The smallest absolute Gasteiger partial charge is 0.0954 e. The second-order valence-corrected chi connectivity index (χ2v) is 2.30. The van der Waals surface area contributed by atoms with Gasteiger partial charge < -0.3 is 15.3 Å². The van der Waals surface area contributed by atoms with Gasteiger partial charge in [0.2, 0.25) is 0 Å². The SMILES string of the molecule is Cc1cocc1[C@@H](N)CO. The topological polar surface area (TPSA) is 59.4 Å². The van der Waals surface area contributed by atoms with Crippen molar-refractivity contribution < 1.29 is 9.52 Å². The lowest BCUT2D eigenvalue weighted by atomic mass is 10.1. The average molecular weight is 141 g/mol. The minimum atomic E-state index is -0.307. The molecule has 0 amide bonds. The van der Waals surface area contributed by atoms with Crippen molar-refractivity contribution in [2.75, 3.05) is 6.61 Å². The van der Waals surface area contributed by atoms with E-state index < -0.39 is 0 Å². The molecule has 0 fully saturated rings. The number of rotatable bonds is 2. The van der Waals surface area contributed by atoms with Gasteiger partial charge in [0.1, 0.15) is 0 Å². The van der Waals surface area contributed by atoms with Crippen LogP contribution in [0.1, 0.15) is 17.2 Å². The van der Waals surface area contributed by atoms with Crippen LogP contribution in [0.25, 0.3) is 0 Å². The van der Waals surface area contributed by atoms with Crippen LogP contribution in [-0.4, -0.2) is 11.7 Å². The van der Waals surface area contributed by atoms with Gasteiger partial charge in [-0.05, 0) is 12.5 Å². The lowest BCUT2D eigenvalue weighted by Crippen LogP contribution is -2.14. The third kappa shape index (κ3) is 1.20. The molecule has 0 bridgehead atoms. The summed E-state index contributed by atoms with van der Waals surface area (Å²) < 4.78 is 4.88. The van der Waals surface area contributed by atoms with Gasteiger partial charge in [-0.25, -0.2) is 0 Å². The van der Waals surface area contributed by atoms with E-state index in [9.17, 15) is 0 Å². The first kappa shape index (κ1) is 7.31. The fourth-order valence-electron chi connectivity index (χ4n) is 0.849. The Morgan fingerprint density at radius 3 is 2.80 bits per heavy atom. The summed E-state index contributed by atoms with van der Waals surface area (Å²) in [6.07, 6.45) is 3.18. The molecule has 0 saturated carbocycles. The minimum Gasteiger partial charge on any atom is -0.472 e. The second kappa shape index (κ2) is 2.86. The molecule has 0 radical (unpaired) electrons. The number of aryl methyl sites for hydroxylation is 1. The molecule has 56 valence electrons. The molecular weight excluding hydrogens is 130 g/mol. The Hall–Kier alpha value is -0.800. The zero-order valence-electron chi connectivity index (χ0n) is 5.87. The Labute approximate surface area is 59.5 Å². The van der Waals surface area contributed by atoms with Crippen molar-refractivity contribution in [1.82, 2.24) is 0 Å². The molecule has 3 heteroatoms. The van der Waals surface area contributed by atoms with Gasteiger partial charge in [-0.2, -0.15) is 0 Å². The molecule has 0 aromatic carbocycles. The van der Waals surface area contributed by atoms with E-state index >= 15 is 0 Å². The first-order chi connectivity index (χ1) is 4.75. The van der Waals surface area contributed by atoms with Crippen molar-refractivity contribution in [3.63, 3.8) is 0 Å². The van der Waals surface area contributed by atoms with Gasteiger partial charge in [0, 0.05) is 5.56 Å². The van der Waals surface area contributed by atoms with Crippen molar-refractivity contribution in [2.24, 2.45) is 5.73 Å². The largest absolute Gasteiger partial charge is 0.472 e. The zero-order chi connectivity index (χ0) is 7.56. The molecule has 3 N–H and O–H groups in total. The van der Waals surface area contributed by atoms with E-state index in [1.54, 1.807) is 12.5 Å². The molecule has 1 atom stereocenters. The van der Waals surface area contributed by atoms with Crippen molar-refractivity contribution in [2.45, 2.75) is 13.0 Å². The lowest BCUT2D eigenvalue weighted by molar-refractivity contribution is 0.267. The molecular formula is C7H11NO2. The van der Waals surface area contributed by atoms with Crippen LogP contribution in [0.5, 0.6) is 0 Å². The summed E-state index contributed by atoms with van der Waals surface area (Å²) in [7, 11) is 0. The number of aliphatic hydroxyl groups excluding tert-OH is 1. The number of hydrogen-bond acceptors (Lipinski definition) is 3. The number of aliphatic hydroxyl groups is 1. The lowest BCUT2D eigenvalue weighted by Gasteiger charge is -2.04. The maximum atomic E-state index is 8.66. The van der Waals surface area contributed by atoms with Gasteiger partial charge in [-0.3, -0.25) is 0 Å². The highest BCUT2D eigenvalue weighted by Gasteiger charge is 2.08. The van der Waals surface area contributed by atoms with Crippen LogP contribution in [0.15, 0.2) is 16.9 Å². The van der Waals surface area contributed by atoms with Gasteiger partial charge in [0.25, 0.3) is 0 Å². The Morgan fingerprint density at radius 1 is 1.70 bits per heavy atom. The van der Waals surface area contributed by atoms with Gasteiger partial charge >= 0.3 is 0 Å². The molecule has 1 rings (SSSR count). The van der Waals surface area contributed by atoms with Gasteiger partial charge in [0.05, 0.1) is 25.2 Å². The van der Waals surface area contributed by atoms with E-state index in [1.165, 1.54) is 0 Å². The van der Waals surface area contributed by atoms with E-state index in [-0.39, 0.29) is 12.6 Å². The first-order valence-electron chi connectivity index (χ1n) is 3.15. The Kier molecular flexibility index (Phi) is 2.09. The number of nitrogens with two attached hydrogens (primary N) is 1. The van der Waals surface area contributed by atoms with E-state index in [2.05, 4.69) is 0 Å². The molecule has 1 aromatic heterocycles. The standard InChI is InChI=1S/C7H11NO2/c1-5-3-10-4-6(5)7(8)2-9/h3-4,7,9H,2,8H2,1H3/t7-/m0/s1. The summed E-state index contributed by atoms with van der Waals surface area (Å²) in [6, 6.07) is -0.307. The predicted molar refractivity (Wildman–Crippen MR) is 37.5 cm³/mol. The third-order valence-electron chi connectivity index (χ3n) is 1.49. The van der Waals surface area contributed by atoms with E-state index in [1.807, 2.05) is 6.92 Å². The molecule has 0 aliphatic rings. The van der Waals surface area contributed by atoms with Crippen molar-refractivity contribution in [3.05, 3.63) is 23.7 Å². The fraction of sp³-hybridized carbons (Fsp3) is 0.429. The van der Waals surface area contributed by atoms with E-state index in [0.29, 0.717) is 0 Å². The average Bonchev–Trinajstić information content (AvgIpc) is 2.34. The maximum absolute atomic E-state index is 8.66. The van der Waals surface area contributed by atoms with Crippen molar-refractivity contribution in [1.29, 1.82) is 0 Å². The Balaban J connectivity index is 2.82. The monoisotopic (exact) mass is 141 g/mol. The molecule has 0 aliphatic heterocycles. The molecule has 1 aromatic rings. The molecule has 0 aliphatic carbocycles. The Morgan fingerprint density at radius 2 is 2.40 bits per heavy atom. The highest BCUT2D eigenvalue weighted by atomic mass is 16.3. The van der Waals surface area contributed by atoms with E-state index in [4.69, 9.17) is 15.3 Å². The number of hydrogen-bond donors (Lipinski definition) is 2. The maximum Gasteiger partial charge on any atom is 0.0954 e. The van der Waals surface area contributed by atoms with Crippen LogP contribution in [0.4, 0.5) is 0 Å². The van der Waals surface area contributed by atoms with Gasteiger partial charge in [-0.15, -0.1) is 0 Å². The highest BCUT2D eigenvalue weighted by Crippen LogP contribution is 2.15. The second-order valence-electron chi connectivity index (χ2n) is 2.30. The van der Waals surface area contributed by atoms with E-state index in [0.717, 1.165) is 11.1 Å². The van der Waals surface area contributed by atoms with Gasteiger partial charge in [0.15, 0.2) is 0 Å². The summed E-state index contributed by atoms with van der Waals surface area (Å²) in [5.41, 5.74) is 7.39. The molecule has 3 nitrogen and oxygen atoms in total. The number of furan rings is 1. The zero-order valence-corrected chi connectivity index (χ0v) is 5.87. The molecule has 1 heterocycles. The first-order valence-corrected chi connectivity index (χ1v) is 3.15. The van der Waals surface area contributed by atoms with Crippen LogP contribution < -0.4 is 5.73 Å². The summed E-state index contributed by atoms with van der Waals surface area (Å²) in [4.78, 5) is 0. The highest BCUT2D eigenvalue weighted by molar-refractivity contribution is 5.22. The van der Waals surface area contributed by atoms with Crippen LogP contribution in [-0.2, 0) is 0 Å². The summed E-state index contributed by atoms with van der Waals surface area (Å²) in [5.74, 6) is 0. The molecule has 0 spiro atoms. The summed E-state index contributed by atoms with van der Waals surface area (Å²) in [6.45, 7) is 1.86. The van der Waals surface area contributed by atoms with Crippen LogP contribution in [0.3, 0.4) is 0 Å². The fourth-order valence-corrected chi connectivity index (χ4v) is 0.849. The minimum absolute atomic E-state index is 0.0413. The molecule has 0 saturated heterocycles. The molecule has 10 heavy (non-hydrogen) atoms. The quantitative estimate of drug-likeness (QED) is 0.633. The summed E-state index contributed by atoms with van der Waals surface area (Å²) in [5, 5.41) is 8.66. The van der Waals surface area contributed by atoms with Crippen LogP contribution >= 0.6 is 0 Å². The van der Waals surface area contributed by atoms with Crippen molar-refractivity contribution in [3.8, 4) is 0 Å². The Bertz CT molecular complexity index is 207. The molecule has 0 unspecified atom stereocenters. The van der Waals surface area contributed by atoms with Gasteiger partial charge in [-0.1, -0.05) is 0 Å². The van der Waals surface area contributed by atoms with Crippen LogP contribution in [0.2, 0.25) is 0 Å². The normalized spacial score (nSPS) is 13.5. The van der Waals surface area contributed by atoms with Crippen molar-refractivity contribution >= 4 is 0 Å². The predicted octanol–water partition coefficient (Wildman–Crippen LogP) is 0.580. The summed E-state index contributed by atoms with van der Waals surface area (Å²) >= 11 is 0. The van der Waals surface area contributed by atoms with Crippen LogP contribution in [0, 0.1) is 6.92 Å².